The number of aromatic nitrogens is 5. The van der Waals surface area contributed by atoms with Crippen LogP contribution in [-0.2, 0) is 6.54 Å². The summed E-state index contributed by atoms with van der Waals surface area (Å²) < 4.78 is 4.44. The quantitative estimate of drug-likeness (QED) is 0.451. The number of pyridine rings is 2. The Balaban J connectivity index is 1.56. The molecule has 0 bridgehead atoms. The van der Waals surface area contributed by atoms with Gasteiger partial charge in [0, 0.05) is 24.5 Å². The third-order valence-electron chi connectivity index (χ3n) is 5.18. The van der Waals surface area contributed by atoms with Crippen molar-refractivity contribution in [2.24, 2.45) is 0 Å². The topological polar surface area (TPSA) is 94.7 Å². The Morgan fingerprint density at radius 3 is 2.69 bits per heavy atom. The van der Waals surface area contributed by atoms with Gasteiger partial charge in [0.25, 0.3) is 5.91 Å². The molecule has 8 nitrogen and oxygen atoms in total. The molecule has 9 heteroatoms. The molecule has 0 fully saturated rings. The van der Waals surface area contributed by atoms with E-state index in [-0.39, 0.29) is 11.0 Å². The van der Waals surface area contributed by atoms with Gasteiger partial charge in [0.05, 0.1) is 21.3 Å². The first-order valence-corrected chi connectivity index (χ1v) is 11.0. The number of amides is 1. The fourth-order valence-electron chi connectivity index (χ4n) is 3.63. The fraction of sp³-hybridized carbons (Fsp3) is 0.174. The molecule has 4 heterocycles. The summed E-state index contributed by atoms with van der Waals surface area (Å²) in [5, 5.41) is 8.40. The Labute approximate surface area is 187 Å². The molecule has 1 aromatic carbocycles. The van der Waals surface area contributed by atoms with Crippen molar-refractivity contribution in [2.75, 3.05) is 5.32 Å². The second-order valence-corrected chi connectivity index (χ2v) is 8.49. The van der Waals surface area contributed by atoms with Gasteiger partial charge in [0.1, 0.15) is 17.0 Å². The first-order valence-electron chi connectivity index (χ1n) is 10.2. The SMILES string of the molecule is CCn1cc(C(=O)Nc2cc(C)nn2-c2nc3ccccc3s2)c(=O)c2ccc(C)nc21. The van der Waals surface area contributed by atoms with Crippen LogP contribution < -0.4 is 10.7 Å². The molecule has 32 heavy (non-hydrogen) atoms. The summed E-state index contributed by atoms with van der Waals surface area (Å²) in [6.45, 7) is 6.24. The molecule has 1 N–H and O–H groups in total. The minimum Gasteiger partial charge on any atom is -0.332 e. The van der Waals surface area contributed by atoms with E-state index >= 15 is 0 Å². The molecule has 5 rings (SSSR count). The second kappa shape index (κ2) is 7.69. The lowest BCUT2D eigenvalue weighted by Crippen LogP contribution is -2.25. The van der Waals surface area contributed by atoms with Crippen molar-refractivity contribution in [3.8, 4) is 5.13 Å². The maximum atomic E-state index is 13.2. The summed E-state index contributed by atoms with van der Waals surface area (Å²) in [5.74, 6) is -0.0435. The zero-order chi connectivity index (χ0) is 22.4. The van der Waals surface area contributed by atoms with Crippen molar-refractivity contribution in [1.82, 2.24) is 24.3 Å². The number of carbonyl (C=O) groups excluding carboxylic acids is 1. The number of carbonyl (C=O) groups is 1. The van der Waals surface area contributed by atoms with Gasteiger partial charge in [-0.15, -0.1) is 0 Å². The Kier molecular flexibility index (Phi) is 4.82. The van der Waals surface area contributed by atoms with E-state index in [1.54, 1.807) is 29.1 Å². The van der Waals surface area contributed by atoms with E-state index in [1.165, 1.54) is 11.3 Å². The fourth-order valence-corrected chi connectivity index (χ4v) is 4.56. The van der Waals surface area contributed by atoms with E-state index in [4.69, 9.17) is 0 Å². The number of hydrogen-bond donors (Lipinski definition) is 1. The first-order chi connectivity index (χ1) is 15.4. The van der Waals surface area contributed by atoms with Crippen molar-refractivity contribution in [3.63, 3.8) is 0 Å². The highest BCUT2D eigenvalue weighted by atomic mass is 32.1. The maximum absolute atomic E-state index is 13.2. The Bertz CT molecular complexity index is 1530. The van der Waals surface area contributed by atoms with Crippen LogP contribution in [0.15, 0.2) is 53.5 Å². The normalized spacial score (nSPS) is 11.3. The van der Waals surface area contributed by atoms with E-state index in [9.17, 15) is 9.59 Å². The number of hydrogen-bond acceptors (Lipinski definition) is 6. The minimum atomic E-state index is -0.498. The molecule has 0 radical (unpaired) electrons. The van der Waals surface area contributed by atoms with Gasteiger partial charge in [0.15, 0.2) is 0 Å². The zero-order valence-electron chi connectivity index (χ0n) is 17.8. The number of anilines is 1. The standard InChI is InChI=1S/C23H20N6O2S/c1-4-28-12-16(20(30)15-10-9-13(2)24-21(15)28)22(31)26-19-11-14(3)27-29(19)23-25-17-7-5-6-8-18(17)32-23/h5-12H,4H2,1-3H3,(H,26,31). The van der Waals surface area contributed by atoms with Gasteiger partial charge in [-0.05, 0) is 45.0 Å². The molecule has 4 aromatic heterocycles. The van der Waals surface area contributed by atoms with Crippen molar-refractivity contribution >= 4 is 44.3 Å². The lowest BCUT2D eigenvalue weighted by molar-refractivity contribution is 0.102. The average Bonchev–Trinajstić information content (AvgIpc) is 3.36. The molecule has 5 aromatic rings. The van der Waals surface area contributed by atoms with Gasteiger partial charge in [0.2, 0.25) is 10.6 Å². The van der Waals surface area contributed by atoms with E-state index < -0.39 is 5.91 Å². The van der Waals surface area contributed by atoms with Crippen LogP contribution >= 0.6 is 11.3 Å². The summed E-state index contributed by atoms with van der Waals surface area (Å²) in [6.07, 6.45) is 1.57. The molecule has 0 aliphatic heterocycles. The maximum Gasteiger partial charge on any atom is 0.262 e. The summed E-state index contributed by atoms with van der Waals surface area (Å²) in [4.78, 5) is 35.4. The molecule has 0 spiro atoms. The molecule has 0 unspecified atom stereocenters. The van der Waals surface area contributed by atoms with Crippen LogP contribution in [0.1, 0.15) is 28.7 Å². The van der Waals surface area contributed by atoms with Crippen LogP contribution in [0.2, 0.25) is 0 Å². The summed E-state index contributed by atoms with van der Waals surface area (Å²) in [7, 11) is 0. The summed E-state index contributed by atoms with van der Waals surface area (Å²) >= 11 is 1.48. The molecular weight excluding hydrogens is 424 g/mol. The van der Waals surface area contributed by atoms with Crippen LogP contribution in [0, 0.1) is 13.8 Å². The van der Waals surface area contributed by atoms with Gasteiger partial charge in [-0.2, -0.15) is 9.78 Å². The smallest absolute Gasteiger partial charge is 0.262 e. The highest BCUT2D eigenvalue weighted by molar-refractivity contribution is 7.20. The number of para-hydroxylation sites is 1. The predicted molar refractivity (Wildman–Crippen MR) is 126 cm³/mol. The highest BCUT2D eigenvalue weighted by Crippen LogP contribution is 2.27. The van der Waals surface area contributed by atoms with Crippen molar-refractivity contribution in [2.45, 2.75) is 27.3 Å². The molecule has 0 atom stereocenters. The number of thiazole rings is 1. The van der Waals surface area contributed by atoms with E-state index in [2.05, 4.69) is 20.4 Å². The predicted octanol–water partition coefficient (Wildman–Crippen LogP) is 4.08. The Morgan fingerprint density at radius 2 is 1.91 bits per heavy atom. The van der Waals surface area contributed by atoms with Gasteiger partial charge in [-0.3, -0.25) is 9.59 Å². The van der Waals surface area contributed by atoms with Crippen LogP contribution in [0.25, 0.3) is 26.4 Å². The van der Waals surface area contributed by atoms with Crippen molar-refractivity contribution in [1.29, 1.82) is 0 Å². The van der Waals surface area contributed by atoms with Gasteiger partial charge >= 0.3 is 0 Å². The van der Waals surface area contributed by atoms with Crippen LogP contribution in [0.3, 0.4) is 0 Å². The lowest BCUT2D eigenvalue weighted by Gasteiger charge is -2.12. The van der Waals surface area contributed by atoms with E-state index in [0.29, 0.717) is 28.5 Å². The highest BCUT2D eigenvalue weighted by Gasteiger charge is 2.19. The molecule has 1 amide bonds. The number of nitrogens with one attached hydrogen (secondary N) is 1. The van der Waals surface area contributed by atoms with Crippen molar-refractivity contribution in [3.05, 3.63) is 75.8 Å². The number of rotatable bonds is 4. The Hall–Kier alpha value is -3.85. The van der Waals surface area contributed by atoms with Gasteiger partial charge in [-0.1, -0.05) is 23.5 Å². The van der Waals surface area contributed by atoms with E-state index in [0.717, 1.165) is 21.6 Å². The third-order valence-corrected chi connectivity index (χ3v) is 6.19. The number of nitrogens with zero attached hydrogens (tertiary/aromatic N) is 5. The Morgan fingerprint density at radius 1 is 1.09 bits per heavy atom. The largest absolute Gasteiger partial charge is 0.332 e. The lowest BCUT2D eigenvalue weighted by atomic mass is 10.1. The van der Waals surface area contributed by atoms with Gasteiger partial charge in [-0.25, -0.2) is 9.97 Å². The molecule has 0 saturated heterocycles. The summed E-state index contributed by atoms with van der Waals surface area (Å²) in [5.41, 5.74) is 2.68. The molecule has 0 aliphatic carbocycles. The van der Waals surface area contributed by atoms with Crippen LogP contribution in [0.4, 0.5) is 5.82 Å². The minimum absolute atomic E-state index is 0.0553. The van der Waals surface area contributed by atoms with Crippen LogP contribution in [-0.4, -0.2) is 30.2 Å². The number of benzene rings is 1. The van der Waals surface area contributed by atoms with Gasteiger partial charge < -0.3 is 9.88 Å². The summed E-state index contributed by atoms with van der Waals surface area (Å²) in [6, 6.07) is 13.1. The van der Waals surface area contributed by atoms with E-state index in [1.807, 2.05) is 49.6 Å². The molecule has 0 aliphatic rings. The third kappa shape index (κ3) is 3.36. The zero-order valence-corrected chi connectivity index (χ0v) is 18.6. The average molecular weight is 445 g/mol. The van der Waals surface area contributed by atoms with Crippen molar-refractivity contribution < 1.29 is 4.79 Å². The first kappa shape index (κ1) is 20.1. The molecule has 0 saturated carbocycles. The molecule has 160 valence electrons. The monoisotopic (exact) mass is 444 g/mol. The number of aryl methyl sites for hydroxylation is 3. The number of fused-ring (bicyclic) bond motifs is 2. The van der Waals surface area contributed by atoms with Crippen LogP contribution in [0.5, 0.6) is 0 Å². The molecular formula is C23H20N6O2S. The second-order valence-electron chi connectivity index (χ2n) is 7.48.